The van der Waals surface area contributed by atoms with Crippen LogP contribution in [0.2, 0.25) is 5.02 Å². The van der Waals surface area contributed by atoms with E-state index in [9.17, 15) is 9.18 Å². The van der Waals surface area contributed by atoms with Gasteiger partial charge in [-0.15, -0.1) is 0 Å². The van der Waals surface area contributed by atoms with Crippen molar-refractivity contribution in [1.82, 2.24) is 15.2 Å². The van der Waals surface area contributed by atoms with Crippen molar-refractivity contribution in [2.45, 2.75) is 26.9 Å². The van der Waals surface area contributed by atoms with Gasteiger partial charge in [0.15, 0.2) is 11.6 Å². The van der Waals surface area contributed by atoms with E-state index < -0.39 is 11.5 Å². The lowest BCUT2D eigenvalue weighted by Crippen LogP contribution is -2.31. The minimum Gasteiger partial charge on any atom is -0.473 e. The molecule has 7 nitrogen and oxygen atoms in total. The van der Waals surface area contributed by atoms with Crippen LogP contribution in [0.25, 0.3) is 0 Å². The zero-order valence-electron chi connectivity index (χ0n) is 16.1. The van der Waals surface area contributed by atoms with Gasteiger partial charge in [-0.1, -0.05) is 32.4 Å². The first-order chi connectivity index (χ1) is 13.7. The zero-order valence-corrected chi connectivity index (χ0v) is 16.8. The van der Waals surface area contributed by atoms with Crippen LogP contribution in [0.3, 0.4) is 0 Å². The van der Waals surface area contributed by atoms with E-state index in [0.717, 1.165) is 0 Å². The third-order valence-electron chi connectivity index (χ3n) is 3.93. The maximum atomic E-state index is 12.9. The van der Waals surface area contributed by atoms with Crippen LogP contribution in [0.4, 0.5) is 15.8 Å². The second-order valence-electron chi connectivity index (χ2n) is 7.27. The van der Waals surface area contributed by atoms with Crippen molar-refractivity contribution in [1.29, 1.82) is 0 Å². The number of rotatable bonds is 6. The molecule has 0 amide bonds. The normalized spacial score (nSPS) is 12.9. The first-order valence-corrected chi connectivity index (χ1v) is 9.15. The number of ketones is 1. The van der Waals surface area contributed by atoms with E-state index in [1.807, 2.05) is 0 Å². The topological polar surface area (TPSA) is 92.6 Å². The van der Waals surface area contributed by atoms with Crippen LogP contribution >= 0.6 is 11.6 Å². The maximum Gasteiger partial charge on any atom is 0.216 e. The maximum absolute atomic E-state index is 12.9. The smallest absolute Gasteiger partial charge is 0.216 e. The SMILES string of the molecule is CC(C)(C)C(=O)C(Oc1ccc(N=Nc2ccc(F)cc2)cc1Cl)c1ncn[nH]1. The summed E-state index contributed by atoms with van der Waals surface area (Å²) in [5, 5.41) is 14.8. The predicted octanol–water partition coefficient (Wildman–Crippen LogP) is 5.75. The zero-order chi connectivity index (χ0) is 21.0. The van der Waals surface area contributed by atoms with Gasteiger partial charge in [0, 0.05) is 5.41 Å². The Morgan fingerprint density at radius 1 is 1.14 bits per heavy atom. The Morgan fingerprint density at radius 3 is 2.38 bits per heavy atom. The Balaban J connectivity index is 1.81. The number of H-pyrrole nitrogens is 1. The van der Waals surface area contributed by atoms with Gasteiger partial charge in [-0.05, 0) is 42.5 Å². The summed E-state index contributed by atoms with van der Waals surface area (Å²) in [6.45, 7) is 5.38. The van der Waals surface area contributed by atoms with E-state index in [1.165, 1.54) is 30.6 Å². The van der Waals surface area contributed by atoms with Gasteiger partial charge in [-0.25, -0.2) is 9.37 Å². The summed E-state index contributed by atoms with van der Waals surface area (Å²) in [5.74, 6) is 0.0671. The quantitative estimate of drug-likeness (QED) is 0.519. The van der Waals surface area contributed by atoms with Crippen LogP contribution in [0.15, 0.2) is 59.0 Å². The summed E-state index contributed by atoms with van der Waals surface area (Å²) in [6.07, 6.45) is 0.323. The van der Waals surface area contributed by atoms with Gasteiger partial charge in [0.2, 0.25) is 6.10 Å². The Bertz CT molecular complexity index is 1010. The number of hydrogen-bond donors (Lipinski definition) is 1. The first kappa shape index (κ1) is 20.6. The van der Waals surface area contributed by atoms with Crippen LogP contribution in [-0.2, 0) is 4.79 Å². The highest BCUT2D eigenvalue weighted by Gasteiger charge is 2.34. The fourth-order valence-electron chi connectivity index (χ4n) is 2.37. The third-order valence-corrected chi connectivity index (χ3v) is 4.22. The van der Waals surface area contributed by atoms with Crippen molar-refractivity contribution in [2.24, 2.45) is 15.6 Å². The Labute approximate surface area is 172 Å². The molecule has 0 bridgehead atoms. The van der Waals surface area contributed by atoms with Gasteiger partial charge in [0.05, 0.1) is 16.4 Å². The molecule has 3 aromatic rings. The van der Waals surface area contributed by atoms with E-state index in [2.05, 4.69) is 25.4 Å². The molecule has 0 aliphatic carbocycles. The number of Topliss-reactive ketones (excluding diaryl/α,β-unsaturated/α-hetero) is 1. The lowest BCUT2D eigenvalue weighted by molar-refractivity contribution is -0.134. The molecule has 1 unspecified atom stereocenters. The van der Waals surface area contributed by atoms with Crippen molar-refractivity contribution in [3.63, 3.8) is 0 Å². The molecule has 1 N–H and O–H groups in total. The van der Waals surface area contributed by atoms with Crippen molar-refractivity contribution in [3.05, 3.63) is 65.5 Å². The number of benzene rings is 2. The number of carbonyl (C=O) groups excluding carboxylic acids is 1. The molecule has 1 aromatic heterocycles. The van der Waals surface area contributed by atoms with Gasteiger partial charge >= 0.3 is 0 Å². The van der Waals surface area contributed by atoms with E-state index in [4.69, 9.17) is 16.3 Å². The predicted molar refractivity (Wildman–Crippen MR) is 106 cm³/mol. The highest BCUT2D eigenvalue weighted by atomic mass is 35.5. The molecule has 1 heterocycles. The molecule has 0 radical (unpaired) electrons. The van der Waals surface area contributed by atoms with Crippen LogP contribution in [0.5, 0.6) is 5.75 Å². The molecule has 29 heavy (non-hydrogen) atoms. The number of nitrogens with zero attached hydrogens (tertiary/aromatic N) is 4. The fraction of sp³-hybridized carbons (Fsp3) is 0.250. The number of ether oxygens (including phenoxy) is 1. The lowest BCUT2D eigenvalue weighted by atomic mass is 9.87. The summed E-state index contributed by atoms with van der Waals surface area (Å²) >= 11 is 6.32. The molecule has 0 fully saturated rings. The van der Waals surface area contributed by atoms with Gasteiger partial charge < -0.3 is 4.74 Å². The van der Waals surface area contributed by atoms with E-state index in [0.29, 0.717) is 22.9 Å². The monoisotopic (exact) mass is 415 g/mol. The standard InChI is InChI=1S/C20H19ClFN5O2/c1-20(2,3)18(28)17(19-23-11-24-27-19)29-16-9-8-14(10-15(16)21)26-25-13-6-4-12(22)5-7-13/h4-11,17H,1-3H3,(H,23,24,27). The molecule has 2 aromatic carbocycles. The third kappa shape index (κ3) is 5.23. The number of carbonyl (C=O) groups is 1. The Kier molecular flexibility index (Phi) is 6.03. The Morgan fingerprint density at radius 2 is 1.79 bits per heavy atom. The summed E-state index contributed by atoms with van der Waals surface area (Å²) in [5.41, 5.74) is 0.321. The molecule has 0 spiro atoms. The summed E-state index contributed by atoms with van der Waals surface area (Å²) in [4.78, 5) is 16.9. The number of aromatic nitrogens is 3. The van der Waals surface area contributed by atoms with Gasteiger partial charge in [-0.3, -0.25) is 9.89 Å². The van der Waals surface area contributed by atoms with Gasteiger partial charge in [0.25, 0.3) is 0 Å². The van der Waals surface area contributed by atoms with Gasteiger partial charge in [0.1, 0.15) is 17.9 Å². The van der Waals surface area contributed by atoms with Gasteiger partial charge in [-0.2, -0.15) is 15.3 Å². The van der Waals surface area contributed by atoms with E-state index in [-0.39, 0.29) is 16.6 Å². The van der Waals surface area contributed by atoms with Crippen molar-refractivity contribution >= 4 is 28.8 Å². The largest absolute Gasteiger partial charge is 0.473 e. The molecular weight excluding hydrogens is 397 g/mol. The second-order valence-corrected chi connectivity index (χ2v) is 7.68. The molecule has 0 saturated carbocycles. The number of aromatic amines is 1. The highest BCUT2D eigenvalue weighted by molar-refractivity contribution is 6.32. The van der Waals surface area contributed by atoms with Crippen LogP contribution in [0.1, 0.15) is 32.7 Å². The number of hydrogen-bond acceptors (Lipinski definition) is 6. The van der Waals surface area contributed by atoms with Crippen LogP contribution in [0, 0.1) is 11.2 Å². The second kappa shape index (κ2) is 8.48. The minimum atomic E-state index is -0.985. The molecule has 0 saturated heterocycles. The molecule has 0 aliphatic rings. The molecule has 150 valence electrons. The van der Waals surface area contributed by atoms with Crippen molar-refractivity contribution in [3.8, 4) is 5.75 Å². The summed E-state index contributed by atoms with van der Waals surface area (Å²) in [7, 11) is 0. The average Bonchev–Trinajstić information content (AvgIpc) is 3.20. The molecule has 0 aliphatic heterocycles. The summed E-state index contributed by atoms with van der Waals surface area (Å²) in [6, 6.07) is 10.4. The number of nitrogens with one attached hydrogen (secondary N) is 1. The molecule has 3 rings (SSSR count). The average molecular weight is 416 g/mol. The molecular formula is C20H19ClFN5O2. The van der Waals surface area contributed by atoms with E-state index >= 15 is 0 Å². The lowest BCUT2D eigenvalue weighted by Gasteiger charge is -2.24. The number of azo groups is 1. The van der Waals surface area contributed by atoms with E-state index in [1.54, 1.807) is 39.0 Å². The number of halogens is 2. The van der Waals surface area contributed by atoms with Crippen molar-refractivity contribution < 1.29 is 13.9 Å². The minimum absolute atomic E-state index is 0.176. The fourth-order valence-corrected chi connectivity index (χ4v) is 2.59. The molecule has 9 heteroatoms. The Hall–Kier alpha value is -3.13. The van der Waals surface area contributed by atoms with Crippen molar-refractivity contribution in [2.75, 3.05) is 0 Å². The first-order valence-electron chi connectivity index (χ1n) is 8.77. The van der Waals surface area contributed by atoms with Crippen LogP contribution < -0.4 is 4.74 Å². The summed E-state index contributed by atoms with van der Waals surface area (Å²) < 4.78 is 18.8. The highest BCUT2D eigenvalue weighted by Crippen LogP contribution is 2.35. The molecule has 1 atom stereocenters. The van der Waals surface area contributed by atoms with Crippen LogP contribution in [-0.4, -0.2) is 21.0 Å².